The van der Waals surface area contributed by atoms with Crippen LogP contribution < -0.4 is 10.2 Å². The third kappa shape index (κ3) is 9.73. The van der Waals surface area contributed by atoms with E-state index in [0.29, 0.717) is 42.8 Å². The quantitative estimate of drug-likeness (QED) is 0.0949. The largest absolute Gasteiger partial charge is 0.353 e. The van der Waals surface area contributed by atoms with E-state index < -0.39 is 0 Å². The van der Waals surface area contributed by atoms with Gasteiger partial charge in [-0.15, -0.1) is 0 Å². The lowest BCUT2D eigenvalue weighted by Gasteiger charge is -2.40. The highest BCUT2D eigenvalue weighted by atomic mass is 35.5. The first-order valence-electron chi connectivity index (χ1n) is 15.0. The molecule has 3 aromatic rings. The Morgan fingerprint density at radius 1 is 1.00 bits per heavy atom. The lowest BCUT2D eigenvalue weighted by molar-refractivity contribution is -0.133. The molecule has 4 rings (SSSR count). The lowest BCUT2D eigenvalue weighted by Crippen LogP contribution is -2.54. The summed E-state index contributed by atoms with van der Waals surface area (Å²) in [6, 6.07) is 21.9. The zero-order valence-electron chi connectivity index (χ0n) is 24.7. The standard InChI is InChI=1S/C33H42ClN5O2S/c1-3-4-5-6-13-18-32(41)39-20-19-38(23-25(39)2)30-22-29(34)36-33(37-30)42-24-31(40)35-28(27-16-11-8-12-17-27)21-26-14-9-7-10-15-26/h7-12,14-17,22,25,28H,3-6,13,18-21,23-24H2,1-2H3,(H,35,40)/t25-,28+/m1/s1. The molecule has 1 saturated heterocycles. The Hall–Kier alpha value is -3.10. The van der Waals surface area contributed by atoms with E-state index in [9.17, 15) is 9.59 Å². The van der Waals surface area contributed by atoms with Crippen LogP contribution >= 0.6 is 23.4 Å². The molecule has 1 aromatic heterocycles. The molecule has 1 N–H and O–H groups in total. The minimum absolute atomic E-state index is 0.0806. The van der Waals surface area contributed by atoms with Crippen molar-refractivity contribution >= 4 is 41.0 Å². The van der Waals surface area contributed by atoms with Crippen molar-refractivity contribution < 1.29 is 9.59 Å². The van der Waals surface area contributed by atoms with Crippen LogP contribution in [0, 0.1) is 0 Å². The Bertz CT molecular complexity index is 1280. The Labute approximate surface area is 259 Å². The molecule has 0 aliphatic carbocycles. The van der Waals surface area contributed by atoms with E-state index in [1.807, 2.05) is 53.4 Å². The molecule has 7 nitrogen and oxygen atoms in total. The highest BCUT2D eigenvalue weighted by Crippen LogP contribution is 2.25. The molecule has 2 heterocycles. The monoisotopic (exact) mass is 607 g/mol. The van der Waals surface area contributed by atoms with Crippen LogP contribution in [-0.2, 0) is 16.0 Å². The number of carbonyl (C=O) groups is 2. The summed E-state index contributed by atoms with van der Waals surface area (Å²) in [6.45, 7) is 6.30. The van der Waals surface area contributed by atoms with Gasteiger partial charge in [0.2, 0.25) is 11.8 Å². The van der Waals surface area contributed by atoms with E-state index >= 15 is 0 Å². The molecule has 2 aromatic carbocycles. The van der Waals surface area contributed by atoms with Gasteiger partial charge in [0.05, 0.1) is 11.8 Å². The average molecular weight is 608 g/mol. The lowest BCUT2D eigenvalue weighted by atomic mass is 9.99. The summed E-state index contributed by atoms with van der Waals surface area (Å²) < 4.78 is 0. The van der Waals surface area contributed by atoms with Gasteiger partial charge in [-0.3, -0.25) is 9.59 Å². The van der Waals surface area contributed by atoms with Crippen molar-refractivity contribution in [1.29, 1.82) is 0 Å². The zero-order chi connectivity index (χ0) is 29.7. The minimum atomic E-state index is -0.144. The molecule has 0 spiro atoms. The van der Waals surface area contributed by atoms with Crippen molar-refractivity contribution in [2.45, 2.75) is 76.0 Å². The maximum absolute atomic E-state index is 13.1. The smallest absolute Gasteiger partial charge is 0.230 e. The second kappa shape index (κ2) is 16.5. The molecule has 1 fully saturated rings. The van der Waals surface area contributed by atoms with Crippen LogP contribution in [-0.4, -0.2) is 58.1 Å². The van der Waals surface area contributed by atoms with Crippen LogP contribution in [0.1, 0.15) is 69.5 Å². The van der Waals surface area contributed by atoms with Crippen molar-refractivity contribution in [2.75, 3.05) is 30.3 Å². The number of nitrogens with one attached hydrogen (secondary N) is 1. The van der Waals surface area contributed by atoms with Crippen molar-refractivity contribution in [3.63, 3.8) is 0 Å². The number of hydrogen-bond acceptors (Lipinski definition) is 6. The molecule has 9 heteroatoms. The maximum Gasteiger partial charge on any atom is 0.230 e. The van der Waals surface area contributed by atoms with Crippen LogP contribution in [0.4, 0.5) is 5.82 Å². The van der Waals surface area contributed by atoms with Gasteiger partial charge in [0.15, 0.2) is 5.16 Å². The van der Waals surface area contributed by atoms with E-state index in [0.717, 1.165) is 29.8 Å². The average Bonchev–Trinajstić information content (AvgIpc) is 3.00. The van der Waals surface area contributed by atoms with E-state index in [-0.39, 0.29) is 29.7 Å². The molecule has 42 heavy (non-hydrogen) atoms. The van der Waals surface area contributed by atoms with Crippen LogP contribution in [0.15, 0.2) is 71.9 Å². The first-order chi connectivity index (χ1) is 20.4. The fraction of sp³-hybridized carbons (Fsp3) is 0.455. The Morgan fingerprint density at radius 3 is 2.43 bits per heavy atom. The molecule has 0 saturated carbocycles. The molecular weight excluding hydrogens is 566 g/mol. The van der Waals surface area contributed by atoms with Crippen molar-refractivity contribution in [2.24, 2.45) is 0 Å². The second-order valence-electron chi connectivity index (χ2n) is 10.9. The number of unbranched alkanes of at least 4 members (excludes halogenated alkanes) is 4. The van der Waals surface area contributed by atoms with E-state index in [2.05, 4.69) is 41.2 Å². The third-order valence-electron chi connectivity index (χ3n) is 7.58. The zero-order valence-corrected chi connectivity index (χ0v) is 26.2. The van der Waals surface area contributed by atoms with Gasteiger partial charge in [-0.25, -0.2) is 9.97 Å². The number of rotatable bonds is 14. The minimum Gasteiger partial charge on any atom is -0.353 e. The highest BCUT2D eigenvalue weighted by molar-refractivity contribution is 7.99. The van der Waals surface area contributed by atoms with Gasteiger partial charge in [0.25, 0.3) is 0 Å². The topological polar surface area (TPSA) is 78.4 Å². The van der Waals surface area contributed by atoms with Gasteiger partial charge < -0.3 is 15.1 Å². The molecule has 2 atom stereocenters. The number of amides is 2. The van der Waals surface area contributed by atoms with Gasteiger partial charge >= 0.3 is 0 Å². The predicted molar refractivity (Wildman–Crippen MR) is 172 cm³/mol. The normalized spacial score (nSPS) is 15.8. The fourth-order valence-corrected chi connectivity index (χ4v) is 6.22. The van der Waals surface area contributed by atoms with Crippen LogP contribution in [0.3, 0.4) is 0 Å². The number of aromatic nitrogens is 2. The molecule has 1 aliphatic heterocycles. The number of thioether (sulfide) groups is 1. The van der Waals surface area contributed by atoms with Crippen LogP contribution in [0.5, 0.6) is 0 Å². The van der Waals surface area contributed by atoms with Gasteiger partial charge in [0.1, 0.15) is 11.0 Å². The number of carbonyl (C=O) groups excluding carboxylic acids is 2. The van der Waals surface area contributed by atoms with Crippen LogP contribution in [0.25, 0.3) is 0 Å². The highest BCUT2D eigenvalue weighted by Gasteiger charge is 2.28. The van der Waals surface area contributed by atoms with Crippen LogP contribution in [0.2, 0.25) is 5.15 Å². The summed E-state index contributed by atoms with van der Waals surface area (Å²) in [5.74, 6) is 1.05. The maximum atomic E-state index is 13.1. The Kier molecular flexibility index (Phi) is 12.5. The molecule has 1 aliphatic rings. The second-order valence-corrected chi connectivity index (χ2v) is 12.2. The van der Waals surface area contributed by atoms with E-state index in [1.165, 1.54) is 31.0 Å². The number of piperazine rings is 1. The van der Waals surface area contributed by atoms with Crippen molar-refractivity contribution in [1.82, 2.24) is 20.2 Å². The molecule has 224 valence electrons. The summed E-state index contributed by atoms with van der Waals surface area (Å²) in [5, 5.41) is 4.00. The van der Waals surface area contributed by atoms with Crippen molar-refractivity contribution in [3.8, 4) is 0 Å². The summed E-state index contributed by atoms with van der Waals surface area (Å²) in [5.41, 5.74) is 2.22. The molecular formula is C33H42ClN5O2S. The molecule has 2 amide bonds. The summed E-state index contributed by atoms with van der Waals surface area (Å²) in [7, 11) is 0. The van der Waals surface area contributed by atoms with Crippen molar-refractivity contribution in [3.05, 3.63) is 83.0 Å². The number of benzene rings is 2. The fourth-order valence-electron chi connectivity index (χ4n) is 5.33. The van der Waals surface area contributed by atoms with Gasteiger partial charge in [-0.05, 0) is 30.9 Å². The van der Waals surface area contributed by atoms with Gasteiger partial charge in [0, 0.05) is 38.2 Å². The summed E-state index contributed by atoms with van der Waals surface area (Å²) in [6.07, 6.45) is 7.03. The third-order valence-corrected chi connectivity index (χ3v) is 8.62. The number of halogens is 1. The van der Waals surface area contributed by atoms with Gasteiger partial charge in [-0.2, -0.15) is 0 Å². The Morgan fingerprint density at radius 2 is 1.71 bits per heavy atom. The number of hydrogen-bond donors (Lipinski definition) is 1. The first-order valence-corrected chi connectivity index (χ1v) is 16.4. The Balaban J connectivity index is 1.32. The predicted octanol–water partition coefficient (Wildman–Crippen LogP) is 6.72. The summed E-state index contributed by atoms with van der Waals surface area (Å²) in [4.78, 5) is 39.1. The molecule has 0 radical (unpaired) electrons. The molecule has 0 unspecified atom stereocenters. The van der Waals surface area contributed by atoms with Gasteiger partial charge in [-0.1, -0.05) is 117 Å². The summed E-state index contributed by atoms with van der Waals surface area (Å²) >= 11 is 7.67. The van der Waals surface area contributed by atoms with E-state index in [4.69, 9.17) is 16.6 Å². The number of nitrogens with zero attached hydrogens (tertiary/aromatic N) is 4. The number of anilines is 1. The molecule has 0 bridgehead atoms. The first kappa shape index (κ1) is 31.8. The van der Waals surface area contributed by atoms with E-state index in [1.54, 1.807) is 6.07 Å². The SMILES string of the molecule is CCCCCCCC(=O)N1CCN(c2cc(Cl)nc(SCC(=O)N[C@@H](Cc3ccccc3)c3ccccc3)n2)C[C@H]1C.